The Morgan fingerprint density at radius 1 is 0.792 bits per heavy atom. The van der Waals surface area contributed by atoms with Gasteiger partial charge in [-0.1, -0.05) is 13.8 Å². The lowest BCUT2D eigenvalue weighted by molar-refractivity contribution is -0.278. The summed E-state index contributed by atoms with van der Waals surface area (Å²) in [5.74, 6) is -0.884. The maximum Gasteiger partial charge on any atom is 0.273 e. The maximum atomic E-state index is 12.8. The van der Waals surface area contributed by atoms with Crippen LogP contribution >= 0.6 is 0 Å². The molecule has 0 saturated carbocycles. The summed E-state index contributed by atoms with van der Waals surface area (Å²) in [5.41, 5.74) is 12.1. The fraction of sp³-hybridized carbons (Fsp3) is 0.844. The molecular formula is C32H60N6O15. The van der Waals surface area contributed by atoms with Gasteiger partial charge in [0, 0.05) is 25.9 Å². The van der Waals surface area contributed by atoms with E-state index in [0.717, 1.165) is 0 Å². The number of aliphatic hydroxyl groups is 10. The zero-order chi connectivity index (χ0) is 39.7. The van der Waals surface area contributed by atoms with Gasteiger partial charge in [-0.3, -0.25) is 4.79 Å². The first-order valence-electron chi connectivity index (χ1n) is 17.9. The van der Waals surface area contributed by atoms with E-state index < -0.39 is 106 Å². The quantitative estimate of drug-likeness (QED) is 0.0522. The minimum Gasteiger partial charge on any atom is -0.394 e. The average molecular weight is 769 g/mol. The number of nitrogens with two attached hydrogens (primary N) is 2. The van der Waals surface area contributed by atoms with Gasteiger partial charge in [0.05, 0.1) is 56.5 Å². The molecule has 1 amide bonds. The largest absolute Gasteiger partial charge is 0.394 e. The van der Waals surface area contributed by atoms with Crippen LogP contribution in [0.5, 0.6) is 0 Å². The Bertz CT molecular complexity index is 1190. The van der Waals surface area contributed by atoms with E-state index in [1.54, 1.807) is 0 Å². The maximum absolute atomic E-state index is 12.8. The van der Waals surface area contributed by atoms with Crippen LogP contribution in [0.3, 0.4) is 0 Å². The molecule has 1 aromatic rings. The van der Waals surface area contributed by atoms with Gasteiger partial charge in [-0.05, 0) is 32.2 Å². The third-order valence-corrected chi connectivity index (χ3v) is 8.64. The van der Waals surface area contributed by atoms with Gasteiger partial charge in [-0.2, -0.15) is 0 Å². The molecule has 12 atom stereocenters. The number of ether oxygens (including phenoxy) is 4. The van der Waals surface area contributed by atoms with Gasteiger partial charge in [0.25, 0.3) is 5.91 Å². The Balaban J connectivity index is 0.00000477. The lowest BCUT2D eigenvalue weighted by atomic mass is 10.0. The molecular weight excluding hydrogens is 708 g/mol. The van der Waals surface area contributed by atoms with Crippen LogP contribution < -0.4 is 22.1 Å². The number of carbonyl (C=O) groups is 1. The number of aliphatic hydroxyl groups excluding tert-OH is 10. The summed E-state index contributed by atoms with van der Waals surface area (Å²) in [6, 6.07) is 0. The van der Waals surface area contributed by atoms with Gasteiger partial charge in [0.2, 0.25) is 0 Å². The number of rotatable bonds is 21. The summed E-state index contributed by atoms with van der Waals surface area (Å²) in [4.78, 5) is 21.1. The third kappa shape index (κ3) is 14.3. The Morgan fingerprint density at radius 3 is 1.72 bits per heavy atom. The molecule has 2 aliphatic rings. The molecule has 3 rings (SSSR count). The van der Waals surface area contributed by atoms with Crippen LogP contribution in [0.1, 0.15) is 68.6 Å². The summed E-state index contributed by atoms with van der Waals surface area (Å²) in [6.45, 7) is 2.26. The zero-order valence-corrected chi connectivity index (χ0v) is 30.2. The Hall–Kier alpha value is -2.45. The number of aromatic nitrogens is 2. The predicted molar refractivity (Wildman–Crippen MR) is 185 cm³/mol. The first-order chi connectivity index (χ1) is 25.3. The van der Waals surface area contributed by atoms with Crippen LogP contribution in [-0.2, 0) is 25.5 Å². The van der Waals surface area contributed by atoms with Crippen molar-refractivity contribution in [1.29, 1.82) is 0 Å². The van der Waals surface area contributed by atoms with Gasteiger partial charge < -0.3 is 92.1 Å². The van der Waals surface area contributed by atoms with Crippen LogP contribution in [0.2, 0.25) is 0 Å². The highest BCUT2D eigenvalue weighted by Gasteiger charge is 2.40. The van der Waals surface area contributed by atoms with Crippen LogP contribution in [0.25, 0.3) is 0 Å². The van der Waals surface area contributed by atoms with Crippen molar-refractivity contribution in [3.05, 3.63) is 11.4 Å². The average Bonchev–Trinajstić information content (AvgIpc) is 3.15. The van der Waals surface area contributed by atoms with E-state index in [1.165, 1.54) is 0 Å². The Morgan fingerprint density at radius 2 is 1.26 bits per heavy atom. The van der Waals surface area contributed by atoms with Crippen molar-refractivity contribution in [2.24, 2.45) is 0 Å². The molecule has 21 nitrogen and oxygen atoms in total. The van der Waals surface area contributed by atoms with Crippen LogP contribution in [0.15, 0.2) is 0 Å². The molecule has 16 N–H and O–H groups in total. The second-order valence-corrected chi connectivity index (χ2v) is 12.5. The number of anilines is 2. The standard InChI is InChI=1S/C30H54N6O15.C2H6/c31-28-14(9-33-5-1-3-19(17(43)10-37)48-23-7-15(41)26(45)21(12-39)50-23)35-29(32)25(36-28)30(47)34-6-2-4-20(18(44)11-38)49-24-8-16(42)27(46)22(13-40)51-24;1-2/h15-24,26-27,33,37-46H,1-13H2,(H2,31,36)(H2,32,35)(H,34,47);1-2H3/t15?,16?,17-,18-,19+,20+,21?,22?,23?,24?,26+,27+;/m1./s1. The number of carbonyl (C=O) groups excluding carboxylic acids is 1. The number of amides is 1. The minimum atomic E-state index is -1.31. The van der Waals surface area contributed by atoms with Crippen LogP contribution in [-0.4, -0.2) is 180 Å². The Labute approximate surface area is 307 Å². The first kappa shape index (κ1) is 46.7. The summed E-state index contributed by atoms with van der Waals surface area (Å²) in [7, 11) is 0. The van der Waals surface area contributed by atoms with Gasteiger partial charge in [0.15, 0.2) is 24.1 Å². The second kappa shape index (κ2) is 24.1. The topological polar surface area (TPSA) is 358 Å². The molecule has 1 aromatic heterocycles. The van der Waals surface area contributed by atoms with Crippen molar-refractivity contribution >= 4 is 17.5 Å². The molecule has 2 fully saturated rings. The number of nitrogens with one attached hydrogen (secondary N) is 2. The van der Waals surface area contributed by atoms with Crippen molar-refractivity contribution in [2.45, 2.75) is 133 Å². The van der Waals surface area contributed by atoms with E-state index in [2.05, 4.69) is 20.6 Å². The van der Waals surface area contributed by atoms with Crippen molar-refractivity contribution in [3.8, 4) is 0 Å². The lowest BCUT2D eigenvalue weighted by Crippen LogP contribution is -2.52. The smallest absolute Gasteiger partial charge is 0.273 e. The van der Waals surface area contributed by atoms with Crippen molar-refractivity contribution in [1.82, 2.24) is 20.6 Å². The summed E-state index contributed by atoms with van der Waals surface area (Å²) >= 11 is 0. The van der Waals surface area contributed by atoms with E-state index in [9.17, 15) is 55.9 Å². The Kier molecular flexibility index (Phi) is 21.3. The van der Waals surface area contributed by atoms with Crippen LogP contribution in [0, 0.1) is 0 Å². The molecule has 2 saturated heterocycles. The lowest BCUT2D eigenvalue weighted by Gasteiger charge is -2.38. The number of hydrogen-bond acceptors (Lipinski definition) is 20. The molecule has 308 valence electrons. The highest BCUT2D eigenvalue weighted by Crippen LogP contribution is 2.25. The van der Waals surface area contributed by atoms with Gasteiger partial charge >= 0.3 is 0 Å². The predicted octanol–water partition coefficient (Wildman–Crippen LogP) is -4.82. The van der Waals surface area contributed by atoms with E-state index in [-0.39, 0.29) is 68.2 Å². The summed E-state index contributed by atoms with van der Waals surface area (Å²) in [6.07, 6.45) is -12.8. The molecule has 0 aliphatic carbocycles. The first-order valence-corrected chi connectivity index (χ1v) is 17.9. The van der Waals surface area contributed by atoms with E-state index >= 15 is 0 Å². The molecule has 0 aromatic carbocycles. The molecule has 53 heavy (non-hydrogen) atoms. The van der Waals surface area contributed by atoms with Gasteiger partial charge in [0.1, 0.15) is 42.4 Å². The second-order valence-electron chi connectivity index (χ2n) is 12.5. The third-order valence-electron chi connectivity index (χ3n) is 8.64. The van der Waals surface area contributed by atoms with E-state index in [4.69, 9.17) is 30.4 Å². The molecule has 0 spiro atoms. The fourth-order valence-corrected chi connectivity index (χ4v) is 5.65. The van der Waals surface area contributed by atoms with Gasteiger partial charge in [-0.15, -0.1) is 0 Å². The van der Waals surface area contributed by atoms with Crippen molar-refractivity contribution < 1.29 is 74.8 Å². The van der Waals surface area contributed by atoms with Crippen molar-refractivity contribution in [2.75, 3.05) is 51.0 Å². The zero-order valence-electron chi connectivity index (χ0n) is 30.2. The number of nitrogens with zero attached hydrogens (tertiary/aromatic N) is 2. The highest BCUT2D eigenvalue weighted by atomic mass is 16.7. The minimum absolute atomic E-state index is 0.0482. The monoisotopic (exact) mass is 768 g/mol. The molecule has 21 heteroatoms. The molecule has 0 bridgehead atoms. The molecule has 6 unspecified atom stereocenters. The SMILES string of the molecule is CC.Nc1nc(C(=O)NCCC[C@H](OC2CC(O)[C@H](O)C(CO)O2)[C@H](O)CO)c(N)nc1CNCCC[C@H](OC1CC(O)[C@H](O)C(CO)O1)[C@H](O)CO. The molecule has 2 aliphatic heterocycles. The fourth-order valence-electron chi connectivity index (χ4n) is 5.65. The molecule has 3 heterocycles. The van der Waals surface area contributed by atoms with E-state index in [1.807, 2.05) is 13.8 Å². The summed E-state index contributed by atoms with van der Waals surface area (Å²) in [5, 5.41) is 104. The molecule has 0 radical (unpaired) electrons. The van der Waals surface area contributed by atoms with Crippen LogP contribution in [0.4, 0.5) is 11.6 Å². The van der Waals surface area contributed by atoms with Gasteiger partial charge in [-0.25, -0.2) is 9.97 Å². The highest BCUT2D eigenvalue weighted by molar-refractivity contribution is 5.96. The number of hydrogen-bond donors (Lipinski definition) is 14. The number of nitrogen functional groups attached to an aromatic ring is 2. The summed E-state index contributed by atoms with van der Waals surface area (Å²) < 4.78 is 22.3. The van der Waals surface area contributed by atoms with E-state index in [0.29, 0.717) is 13.0 Å². The normalized spacial score (nSPS) is 28.3. The van der Waals surface area contributed by atoms with Crippen molar-refractivity contribution in [3.63, 3.8) is 0 Å².